The Kier molecular flexibility index (Phi) is 5.41. The molecule has 0 radical (unpaired) electrons. The van der Waals surface area contributed by atoms with Gasteiger partial charge in [-0.1, -0.05) is 0 Å². The minimum atomic E-state index is -4.46. The van der Waals surface area contributed by atoms with Crippen molar-refractivity contribution in [3.05, 3.63) is 53.9 Å². The smallest absolute Gasteiger partial charge is 0.417 e. The molecule has 172 valence electrons. The summed E-state index contributed by atoms with van der Waals surface area (Å²) in [7, 11) is 0. The van der Waals surface area contributed by atoms with E-state index in [4.69, 9.17) is 14.5 Å². The second-order valence-electron chi connectivity index (χ2n) is 8.17. The number of nitrogens with zero attached hydrogens (tertiary/aromatic N) is 3. The molecule has 4 heterocycles. The van der Waals surface area contributed by atoms with Gasteiger partial charge in [0.1, 0.15) is 17.0 Å². The van der Waals surface area contributed by atoms with Crippen LogP contribution in [0.4, 0.5) is 18.9 Å². The van der Waals surface area contributed by atoms with Gasteiger partial charge >= 0.3 is 6.18 Å². The Bertz CT molecular complexity index is 1170. The van der Waals surface area contributed by atoms with E-state index in [2.05, 4.69) is 14.9 Å². The maximum absolute atomic E-state index is 12.8. The molecule has 0 unspecified atom stereocenters. The molecular formula is C23H20F3N3O4. The molecule has 1 spiro atoms. The molecule has 0 bridgehead atoms. The molecule has 0 saturated carbocycles. The van der Waals surface area contributed by atoms with Crippen LogP contribution in [-0.2, 0) is 16.0 Å². The Balaban J connectivity index is 1.44. The van der Waals surface area contributed by atoms with Gasteiger partial charge in [0.2, 0.25) is 5.88 Å². The Morgan fingerprint density at radius 2 is 1.91 bits per heavy atom. The van der Waals surface area contributed by atoms with Gasteiger partial charge in [0.25, 0.3) is 0 Å². The number of halogens is 3. The van der Waals surface area contributed by atoms with Crippen molar-refractivity contribution in [2.75, 3.05) is 24.6 Å². The normalized spacial score (nSPS) is 18.1. The molecule has 0 N–H and O–H groups in total. The summed E-state index contributed by atoms with van der Waals surface area (Å²) in [6.45, 7) is 2.02. The van der Waals surface area contributed by atoms with Gasteiger partial charge in [-0.15, -0.1) is 0 Å². The third-order valence-electron chi connectivity index (χ3n) is 6.08. The molecule has 5 rings (SSSR count). The third kappa shape index (κ3) is 4.36. The molecule has 2 aliphatic rings. The molecule has 33 heavy (non-hydrogen) atoms. The van der Waals surface area contributed by atoms with Gasteiger partial charge in [0.15, 0.2) is 6.29 Å². The van der Waals surface area contributed by atoms with Crippen molar-refractivity contribution < 1.29 is 32.5 Å². The fourth-order valence-corrected chi connectivity index (χ4v) is 4.25. The Morgan fingerprint density at radius 3 is 2.55 bits per heavy atom. The molecule has 1 aromatic carbocycles. The molecule has 0 aliphatic carbocycles. The number of hydrogen-bond acceptors (Lipinski definition) is 7. The van der Waals surface area contributed by atoms with Gasteiger partial charge in [-0.05, 0) is 43.2 Å². The standard InChI is InChI=1S/C23H20F3N3O4/c24-23(25,26)15-1-4-21(27-13-15)32-17-2-3-19-18(12-17)20(11-16(14-30)28-19)29-8-5-22(6-9-29)7-10-31-33-22/h1-4,11-14H,5-10H2. The number of aromatic nitrogens is 2. The number of benzene rings is 1. The lowest BCUT2D eigenvalue weighted by molar-refractivity contribution is -0.312. The molecule has 3 aromatic rings. The van der Waals surface area contributed by atoms with E-state index in [1.165, 1.54) is 6.07 Å². The summed E-state index contributed by atoms with van der Waals surface area (Å²) >= 11 is 0. The molecule has 0 amide bonds. The van der Waals surface area contributed by atoms with Crippen LogP contribution in [0, 0.1) is 0 Å². The average molecular weight is 459 g/mol. The molecular weight excluding hydrogens is 439 g/mol. The average Bonchev–Trinajstić information content (AvgIpc) is 3.26. The van der Waals surface area contributed by atoms with Crippen molar-refractivity contribution >= 4 is 22.9 Å². The van der Waals surface area contributed by atoms with Crippen LogP contribution >= 0.6 is 0 Å². The van der Waals surface area contributed by atoms with Gasteiger partial charge in [-0.25, -0.2) is 19.7 Å². The highest BCUT2D eigenvalue weighted by molar-refractivity contribution is 5.95. The second-order valence-corrected chi connectivity index (χ2v) is 8.17. The number of carbonyl (C=O) groups is 1. The molecule has 0 atom stereocenters. The van der Waals surface area contributed by atoms with Crippen molar-refractivity contribution in [2.24, 2.45) is 0 Å². The van der Waals surface area contributed by atoms with Crippen LogP contribution < -0.4 is 9.64 Å². The molecule has 2 aliphatic heterocycles. The highest BCUT2D eigenvalue weighted by atomic mass is 19.4. The molecule has 10 heteroatoms. The molecule has 2 saturated heterocycles. The fourth-order valence-electron chi connectivity index (χ4n) is 4.25. The Hall–Kier alpha value is -3.24. The van der Waals surface area contributed by atoms with E-state index >= 15 is 0 Å². The fraction of sp³-hybridized carbons (Fsp3) is 0.348. The quantitative estimate of drug-likeness (QED) is 0.404. The number of anilines is 1. The van der Waals surface area contributed by atoms with Crippen molar-refractivity contribution in [1.82, 2.24) is 9.97 Å². The monoisotopic (exact) mass is 459 g/mol. The van der Waals surface area contributed by atoms with Gasteiger partial charge in [0, 0.05) is 42.8 Å². The third-order valence-corrected chi connectivity index (χ3v) is 6.08. The van der Waals surface area contributed by atoms with Crippen LogP contribution in [0.1, 0.15) is 35.3 Å². The summed E-state index contributed by atoms with van der Waals surface area (Å²) in [5.74, 6) is 0.442. The highest BCUT2D eigenvalue weighted by Crippen LogP contribution is 2.38. The van der Waals surface area contributed by atoms with Crippen molar-refractivity contribution in [1.29, 1.82) is 0 Å². The van der Waals surface area contributed by atoms with Crippen LogP contribution in [0.5, 0.6) is 11.6 Å². The lowest BCUT2D eigenvalue weighted by Gasteiger charge is -2.38. The first-order valence-electron chi connectivity index (χ1n) is 10.5. The minimum Gasteiger partial charge on any atom is -0.439 e. The van der Waals surface area contributed by atoms with E-state index in [0.717, 1.165) is 42.6 Å². The maximum Gasteiger partial charge on any atom is 0.417 e. The first-order chi connectivity index (χ1) is 15.9. The van der Waals surface area contributed by atoms with E-state index < -0.39 is 11.7 Å². The van der Waals surface area contributed by atoms with E-state index in [1.54, 1.807) is 24.3 Å². The van der Waals surface area contributed by atoms with Gasteiger partial charge in [-0.3, -0.25) is 4.79 Å². The minimum absolute atomic E-state index is 0.0414. The summed E-state index contributed by atoms with van der Waals surface area (Å²) in [6, 6.07) is 8.94. The Labute approximate surface area is 187 Å². The summed E-state index contributed by atoms with van der Waals surface area (Å²) in [5.41, 5.74) is 0.664. The van der Waals surface area contributed by atoms with Crippen LogP contribution in [-0.4, -0.2) is 41.6 Å². The number of carbonyl (C=O) groups excluding carboxylic acids is 1. The zero-order chi connectivity index (χ0) is 23.1. The molecule has 7 nitrogen and oxygen atoms in total. The summed E-state index contributed by atoms with van der Waals surface area (Å²) < 4.78 is 44.0. The number of piperidine rings is 1. The predicted molar refractivity (Wildman–Crippen MR) is 112 cm³/mol. The lowest BCUT2D eigenvalue weighted by Crippen LogP contribution is -2.44. The lowest BCUT2D eigenvalue weighted by atomic mass is 9.88. The second kappa shape index (κ2) is 8.27. The highest BCUT2D eigenvalue weighted by Gasteiger charge is 2.40. The number of ether oxygens (including phenoxy) is 1. The summed E-state index contributed by atoms with van der Waals surface area (Å²) in [6.07, 6.45) is -0.585. The SMILES string of the molecule is O=Cc1cc(N2CCC3(CCOO3)CC2)c2cc(Oc3ccc(C(F)(F)F)cn3)ccc2n1. The first-order valence-corrected chi connectivity index (χ1v) is 10.5. The number of alkyl halides is 3. The predicted octanol–water partition coefficient (Wildman–Crippen LogP) is 4.94. The van der Waals surface area contributed by atoms with E-state index in [0.29, 0.717) is 42.9 Å². The van der Waals surface area contributed by atoms with Crippen molar-refractivity contribution in [3.8, 4) is 11.6 Å². The van der Waals surface area contributed by atoms with Crippen LogP contribution in [0.25, 0.3) is 10.9 Å². The number of hydrogen-bond donors (Lipinski definition) is 0. The maximum atomic E-state index is 12.8. The van der Waals surface area contributed by atoms with E-state index in [-0.39, 0.29) is 11.5 Å². The number of rotatable bonds is 4. The Morgan fingerprint density at radius 1 is 1.09 bits per heavy atom. The van der Waals surface area contributed by atoms with Crippen molar-refractivity contribution in [2.45, 2.75) is 31.0 Å². The number of pyridine rings is 2. The van der Waals surface area contributed by atoms with Crippen LogP contribution in [0.2, 0.25) is 0 Å². The van der Waals surface area contributed by atoms with E-state index in [9.17, 15) is 18.0 Å². The van der Waals surface area contributed by atoms with Gasteiger partial charge in [-0.2, -0.15) is 13.2 Å². The van der Waals surface area contributed by atoms with Crippen LogP contribution in [0.15, 0.2) is 42.6 Å². The first kappa shape index (κ1) is 21.6. The zero-order valence-electron chi connectivity index (χ0n) is 17.5. The summed E-state index contributed by atoms with van der Waals surface area (Å²) in [5, 5.41) is 0.768. The number of aldehydes is 1. The van der Waals surface area contributed by atoms with Gasteiger partial charge < -0.3 is 9.64 Å². The van der Waals surface area contributed by atoms with Gasteiger partial charge in [0.05, 0.1) is 17.7 Å². The topological polar surface area (TPSA) is 73.8 Å². The van der Waals surface area contributed by atoms with Crippen LogP contribution in [0.3, 0.4) is 0 Å². The summed E-state index contributed by atoms with van der Waals surface area (Å²) in [4.78, 5) is 32.4. The zero-order valence-corrected chi connectivity index (χ0v) is 17.5. The molecule has 2 aromatic heterocycles. The largest absolute Gasteiger partial charge is 0.439 e. The number of fused-ring (bicyclic) bond motifs is 1. The van der Waals surface area contributed by atoms with Crippen molar-refractivity contribution in [3.63, 3.8) is 0 Å². The molecule has 2 fully saturated rings. The van der Waals surface area contributed by atoms with E-state index in [1.807, 2.05) is 0 Å².